The molecule has 1 aromatic rings. The van der Waals surface area contributed by atoms with E-state index in [4.69, 9.17) is 10.00 Å². The van der Waals surface area contributed by atoms with Crippen molar-refractivity contribution in [2.24, 2.45) is 5.92 Å². The van der Waals surface area contributed by atoms with Gasteiger partial charge >= 0.3 is 0 Å². The molecular formula is C15H20N2O. The van der Waals surface area contributed by atoms with Crippen LogP contribution in [0.2, 0.25) is 0 Å². The maximum absolute atomic E-state index is 8.86. The molecule has 0 saturated heterocycles. The molecule has 96 valence electrons. The highest BCUT2D eigenvalue weighted by Crippen LogP contribution is 2.23. The van der Waals surface area contributed by atoms with Crippen molar-refractivity contribution in [3.63, 3.8) is 0 Å². The van der Waals surface area contributed by atoms with Crippen molar-refractivity contribution in [3.05, 3.63) is 29.8 Å². The second kappa shape index (κ2) is 6.42. The van der Waals surface area contributed by atoms with Crippen LogP contribution in [-0.4, -0.2) is 13.2 Å². The van der Waals surface area contributed by atoms with Crippen molar-refractivity contribution in [1.82, 2.24) is 5.32 Å². The molecular weight excluding hydrogens is 224 g/mol. The second-order valence-electron chi connectivity index (χ2n) is 4.91. The fraction of sp³-hybridized carbons (Fsp3) is 0.533. The molecule has 0 spiro atoms. The summed E-state index contributed by atoms with van der Waals surface area (Å²) >= 11 is 0. The summed E-state index contributed by atoms with van der Waals surface area (Å²) < 4.78 is 5.21. The molecule has 0 bridgehead atoms. The fourth-order valence-electron chi connectivity index (χ4n) is 2.47. The number of rotatable bonds is 4. The molecule has 0 aliphatic heterocycles. The molecule has 3 heteroatoms. The molecule has 0 unspecified atom stereocenters. The molecule has 0 atom stereocenters. The summed E-state index contributed by atoms with van der Waals surface area (Å²) in [5.74, 6) is 1.18. The third-order valence-electron chi connectivity index (χ3n) is 3.64. The Morgan fingerprint density at radius 1 is 1.33 bits per heavy atom. The topological polar surface area (TPSA) is 45.0 Å². The molecule has 1 aliphatic rings. The zero-order chi connectivity index (χ0) is 12.8. The van der Waals surface area contributed by atoms with Crippen molar-refractivity contribution < 1.29 is 4.74 Å². The first kappa shape index (κ1) is 12.9. The average molecular weight is 244 g/mol. The third kappa shape index (κ3) is 3.48. The van der Waals surface area contributed by atoms with Gasteiger partial charge in [-0.05, 0) is 43.4 Å². The van der Waals surface area contributed by atoms with E-state index in [2.05, 4.69) is 23.5 Å². The van der Waals surface area contributed by atoms with E-state index in [1.165, 1.54) is 5.56 Å². The van der Waals surface area contributed by atoms with Crippen LogP contribution in [-0.2, 0) is 6.54 Å². The van der Waals surface area contributed by atoms with Crippen LogP contribution in [0.15, 0.2) is 24.3 Å². The van der Waals surface area contributed by atoms with Crippen molar-refractivity contribution in [1.29, 1.82) is 5.26 Å². The summed E-state index contributed by atoms with van der Waals surface area (Å²) in [6.45, 7) is 0.874. The Kier molecular flexibility index (Phi) is 4.60. The molecule has 1 saturated carbocycles. The summed E-state index contributed by atoms with van der Waals surface area (Å²) in [7, 11) is 1.69. The third-order valence-corrected chi connectivity index (χ3v) is 3.64. The predicted molar refractivity (Wildman–Crippen MR) is 71.2 cm³/mol. The smallest absolute Gasteiger partial charge is 0.119 e. The lowest BCUT2D eigenvalue weighted by molar-refractivity contribution is 0.331. The summed E-state index contributed by atoms with van der Waals surface area (Å²) in [6, 6.07) is 11.1. The van der Waals surface area contributed by atoms with Crippen LogP contribution < -0.4 is 10.1 Å². The van der Waals surface area contributed by atoms with E-state index in [-0.39, 0.29) is 5.92 Å². The summed E-state index contributed by atoms with van der Waals surface area (Å²) in [5.41, 5.74) is 1.25. The van der Waals surface area contributed by atoms with Crippen LogP contribution in [0.4, 0.5) is 0 Å². The van der Waals surface area contributed by atoms with Crippen molar-refractivity contribution in [2.45, 2.75) is 38.3 Å². The molecule has 0 heterocycles. The van der Waals surface area contributed by atoms with Gasteiger partial charge in [0.1, 0.15) is 5.75 Å². The Labute approximate surface area is 109 Å². The van der Waals surface area contributed by atoms with Gasteiger partial charge < -0.3 is 10.1 Å². The van der Waals surface area contributed by atoms with Crippen LogP contribution in [0.25, 0.3) is 0 Å². The van der Waals surface area contributed by atoms with Gasteiger partial charge in [0.2, 0.25) is 0 Å². The van der Waals surface area contributed by atoms with Crippen LogP contribution >= 0.6 is 0 Å². The molecule has 18 heavy (non-hydrogen) atoms. The zero-order valence-electron chi connectivity index (χ0n) is 10.9. The lowest BCUT2D eigenvalue weighted by Gasteiger charge is -2.25. The van der Waals surface area contributed by atoms with Gasteiger partial charge in [0.15, 0.2) is 0 Å². The molecule has 0 radical (unpaired) electrons. The zero-order valence-corrected chi connectivity index (χ0v) is 10.9. The van der Waals surface area contributed by atoms with Crippen LogP contribution in [0, 0.1) is 17.2 Å². The summed E-state index contributed by atoms with van der Waals surface area (Å²) in [6.07, 6.45) is 4.29. The van der Waals surface area contributed by atoms with Gasteiger partial charge in [-0.2, -0.15) is 5.26 Å². The van der Waals surface area contributed by atoms with Gasteiger partial charge in [0.05, 0.1) is 13.2 Å². The van der Waals surface area contributed by atoms with Gasteiger partial charge in [0.25, 0.3) is 0 Å². The van der Waals surface area contributed by atoms with E-state index in [9.17, 15) is 0 Å². The molecule has 1 fully saturated rings. The van der Waals surface area contributed by atoms with E-state index >= 15 is 0 Å². The highest BCUT2D eigenvalue weighted by Gasteiger charge is 2.20. The van der Waals surface area contributed by atoms with E-state index in [1.54, 1.807) is 7.11 Å². The monoisotopic (exact) mass is 244 g/mol. The Morgan fingerprint density at radius 3 is 2.78 bits per heavy atom. The first-order chi connectivity index (χ1) is 8.81. The van der Waals surface area contributed by atoms with Crippen molar-refractivity contribution >= 4 is 0 Å². The molecule has 1 aromatic carbocycles. The lowest BCUT2D eigenvalue weighted by atomic mass is 9.87. The number of nitrogens with zero attached hydrogens (tertiary/aromatic N) is 1. The van der Waals surface area contributed by atoms with E-state index in [0.717, 1.165) is 38.0 Å². The van der Waals surface area contributed by atoms with E-state index in [0.29, 0.717) is 6.04 Å². The quantitative estimate of drug-likeness (QED) is 0.885. The number of nitrogens with one attached hydrogen (secondary N) is 1. The first-order valence-corrected chi connectivity index (χ1v) is 6.57. The number of nitriles is 1. The largest absolute Gasteiger partial charge is 0.497 e. The van der Waals surface area contributed by atoms with Crippen LogP contribution in [0.3, 0.4) is 0 Å². The minimum atomic E-state index is 0.278. The Hall–Kier alpha value is -1.53. The number of methoxy groups -OCH3 is 1. The fourth-order valence-corrected chi connectivity index (χ4v) is 2.47. The molecule has 2 rings (SSSR count). The van der Waals surface area contributed by atoms with Gasteiger partial charge in [-0.15, -0.1) is 0 Å². The first-order valence-electron chi connectivity index (χ1n) is 6.57. The Morgan fingerprint density at radius 2 is 2.11 bits per heavy atom. The second-order valence-corrected chi connectivity index (χ2v) is 4.91. The molecule has 0 amide bonds. The molecule has 1 N–H and O–H groups in total. The standard InChI is InChI=1S/C15H20N2O/c1-18-15-4-2-3-13(9-15)11-17-14-7-5-12(10-16)6-8-14/h2-4,9,12,14,17H,5-8,11H2,1H3. The highest BCUT2D eigenvalue weighted by molar-refractivity contribution is 5.28. The number of hydrogen-bond acceptors (Lipinski definition) is 3. The van der Waals surface area contributed by atoms with Gasteiger partial charge in [0, 0.05) is 18.5 Å². The Bertz CT molecular complexity index is 417. The van der Waals surface area contributed by atoms with Crippen molar-refractivity contribution in [3.8, 4) is 11.8 Å². The SMILES string of the molecule is COc1cccc(CNC2CCC(C#N)CC2)c1. The number of hydrogen-bond donors (Lipinski definition) is 1. The van der Waals surface area contributed by atoms with Crippen molar-refractivity contribution in [2.75, 3.05) is 7.11 Å². The lowest BCUT2D eigenvalue weighted by Crippen LogP contribution is -2.32. The molecule has 1 aliphatic carbocycles. The number of benzene rings is 1. The minimum absolute atomic E-state index is 0.278. The minimum Gasteiger partial charge on any atom is -0.497 e. The summed E-state index contributed by atoms with van der Waals surface area (Å²) in [4.78, 5) is 0. The van der Waals surface area contributed by atoms with Crippen LogP contribution in [0.5, 0.6) is 5.75 Å². The van der Waals surface area contributed by atoms with E-state index in [1.807, 2.05) is 12.1 Å². The molecule has 3 nitrogen and oxygen atoms in total. The van der Waals surface area contributed by atoms with Crippen LogP contribution in [0.1, 0.15) is 31.2 Å². The number of ether oxygens (including phenoxy) is 1. The Balaban J connectivity index is 1.80. The van der Waals surface area contributed by atoms with E-state index < -0.39 is 0 Å². The maximum atomic E-state index is 8.86. The predicted octanol–water partition coefficient (Wildman–Crippen LogP) is 2.87. The highest BCUT2D eigenvalue weighted by atomic mass is 16.5. The normalized spacial score (nSPS) is 23.3. The average Bonchev–Trinajstić information content (AvgIpc) is 2.46. The summed E-state index contributed by atoms with van der Waals surface area (Å²) in [5, 5.41) is 12.4. The van der Waals surface area contributed by atoms with Gasteiger partial charge in [-0.1, -0.05) is 12.1 Å². The maximum Gasteiger partial charge on any atom is 0.119 e. The van der Waals surface area contributed by atoms with Gasteiger partial charge in [-0.25, -0.2) is 0 Å². The molecule has 0 aromatic heterocycles. The van der Waals surface area contributed by atoms with Gasteiger partial charge in [-0.3, -0.25) is 0 Å².